The van der Waals surface area contributed by atoms with E-state index in [4.69, 9.17) is 9.72 Å². The van der Waals surface area contributed by atoms with Crippen LogP contribution < -0.4 is 0 Å². The Bertz CT molecular complexity index is 1010. The molecule has 5 heterocycles. The summed E-state index contributed by atoms with van der Waals surface area (Å²) in [6.45, 7) is 2.24. The predicted molar refractivity (Wildman–Crippen MR) is 108 cm³/mol. The molecule has 2 saturated heterocycles. The molecule has 0 radical (unpaired) electrons. The van der Waals surface area contributed by atoms with Crippen LogP contribution in [0.1, 0.15) is 37.3 Å². The molecule has 0 saturated carbocycles. The summed E-state index contributed by atoms with van der Waals surface area (Å²) in [5, 5.41) is 1.00. The first-order chi connectivity index (χ1) is 14.3. The number of ether oxygens (including phenoxy) is 1. The van der Waals surface area contributed by atoms with Crippen LogP contribution in [-0.2, 0) is 9.53 Å². The molecule has 7 heteroatoms. The van der Waals surface area contributed by atoms with Gasteiger partial charge in [0.25, 0.3) is 5.91 Å². The minimum atomic E-state index is -0.223. The summed E-state index contributed by atoms with van der Waals surface area (Å²) >= 11 is 0. The van der Waals surface area contributed by atoms with Gasteiger partial charge in [0.15, 0.2) is 5.65 Å². The van der Waals surface area contributed by atoms with Crippen molar-refractivity contribution in [2.75, 3.05) is 19.7 Å². The van der Waals surface area contributed by atoms with E-state index in [0.717, 1.165) is 66.6 Å². The number of aromatic nitrogens is 4. The fraction of sp³-hybridized carbons (Fsp3) is 0.409. The number of hydrogen-bond acceptors (Lipinski definition) is 6. The largest absolute Gasteiger partial charge is 0.368 e. The number of pyridine rings is 2. The average molecular weight is 389 g/mol. The van der Waals surface area contributed by atoms with Crippen molar-refractivity contribution in [3.63, 3.8) is 0 Å². The van der Waals surface area contributed by atoms with Crippen molar-refractivity contribution in [1.82, 2.24) is 24.8 Å². The van der Waals surface area contributed by atoms with Gasteiger partial charge in [0.1, 0.15) is 12.4 Å². The highest BCUT2D eigenvalue weighted by Crippen LogP contribution is 2.29. The van der Waals surface area contributed by atoms with Gasteiger partial charge in [-0.15, -0.1) is 0 Å². The Morgan fingerprint density at radius 1 is 1.03 bits per heavy atom. The normalized spacial score (nSPS) is 20.3. The molecule has 0 aromatic carbocycles. The van der Waals surface area contributed by atoms with E-state index in [9.17, 15) is 4.79 Å². The summed E-state index contributed by atoms with van der Waals surface area (Å²) in [4.78, 5) is 32.0. The summed E-state index contributed by atoms with van der Waals surface area (Å²) < 4.78 is 5.55. The molecule has 0 spiro atoms. The molecule has 0 N–H and O–H groups in total. The van der Waals surface area contributed by atoms with Crippen molar-refractivity contribution in [2.45, 2.75) is 37.7 Å². The van der Waals surface area contributed by atoms with E-state index in [1.54, 1.807) is 12.4 Å². The van der Waals surface area contributed by atoms with Crippen LogP contribution in [0.15, 0.2) is 43.1 Å². The van der Waals surface area contributed by atoms with Gasteiger partial charge in [0.05, 0.1) is 0 Å². The smallest absolute Gasteiger partial charge is 0.251 e. The van der Waals surface area contributed by atoms with Crippen LogP contribution in [0.3, 0.4) is 0 Å². The zero-order valence-electron chi connectivity index (χ0n) is 16.2. The van der Waals surface area contributed by atoms with E-state index in [1.165, 1.54) is 6.33 Å². The summed E-state index contributed by atoms with van der Waals surface area (Å²) in [7, 11) is 0. The Kier molecular flexibility index (Phi) is 4.89. The number of rotatable bonds is 3. The number of carbonyl (C=O) groups is 1. The van der Waals surface area contributed by atoms with Crippen molar-refractivity contribution in [3.8, 4) is 11.1 Å². The highest BCUT2D eigenvalue weighted by atomic mass is 16.5. The van der Waals surface area contributed by atoms with Gasteiger partial charge in [-0.2, -0.15) is 0 Å². The molecule has 7 nitrogen and oxygen atoms in total. The molecule has 0 aliphatic carbocycles. The fourth-order valence-electron chi connectivity index (χ4n) is 4.23. The van der Waals surface area contributed by atoms with Crippen molar-refractivity contribution >= 4 is 16.9 Å². The Morgan fingerprint density at radius 2 is 1.86 bits per heavy atom. The van der Waals surface area contributed by atoms with Crippen LogP contribution in [0.25, 0.3) is 22.2 Å². The third kappa shape index (κ3) is 3.70. The number of piperidine rings is 1. The number of fused-ring (bicyclic) bond motifs is 1. The van der Waals surface area contributed by atoms with E-state index in [1.807, 2.05) is 11.1 Å². The van der Waals surface area contributed by atoms with Crippen LogP contribution in [0.5, 0.6) is 0 Å². The number of amides is 1. The Balaban J connectivity index is 1.29. The predicted octanol–water partition coefficient (Wildman–Crippen LogP) is 2.97. The molecule has 1 atom stereocenters. The maximum Gasteiger partial charge on any atom is 0.251 e. The van der Waals surface area contributed by atoms with Gasteiger partial charge in [0.2, 0.25) is 0 Å². The van der Waals surface area contributed by atoms with Gasteiger partial charge in [-0.1, -0.05) is 0 Å². The molecule has 2 aliphatic rings. The summed E-state index contributed by atoms with van der Waals surface area (Å²) in [5.41, 5.74) is 3.73. The zero-order valence-corrected chi connectivity index (χ0v) is 16.2. The minimum absolute atomic E-state index is 0.159. The number of likely N-dealkylation sites (tertiary alicyclic amines) is 1. The molecular formula is C22H23N5O2. The molecule has 29 heavy (non-hydrogen) atoms. The lowest BCUT2D eigenvalue weighted by molar-refractivity contribution is -0.142. The van der Waals surface area contributed by atoms with E-state index in [0.29, 0.717) is 12.5 Å². The van der Waals surface area contributed by atoms with Crippen LogP contribution in [0, 0.1) is 0 Å². The summed E-state index contributed by atoms with van der Waals surface area (Å²) in [5.74, 6) is 0.517. The average Bonchev–Trinajstić information content (AvgIpc) is 3.34. The molecule has 3 aromatic heterocycles. The molecule has 1 unspecified atom stereocenters. The first-order valence-corrected chi connectivity index (χ1v) is 10.2. The topological polar surface area (TPSA) is 81.1 Å². The van der Waals surface area contributed by atoms with Crippen LogP contribution in [-0.4, -0.2) is 56.5 Å². The van der Waals surface area contributed by atoms with Crippen LogP contribution in [0.2, 0.25) is 0 Å². The quantitative estimate of drug-likeness (QED) is 0.685. The third-order valence-corrected chi connectivity index (χ3v) is 5.89. The Hall–Kier alpha value is -2.93. The van der Waals surface area contributed by atoms with Crippen molar-refractivity contribution in [2.24, 2.45) is 0 Å². The zero-order chi connectivity index (χ0) is 19.6. The Labute approximate surface area is 169 Å². The van der Waals surface area contributed by atoms with Gasteiger partial charge >= 0.3 is 0 Å². The van der Waals surface area contributed by atoms with Gasteiger partial charge in [-0.05, 0) is 43.9 Å². The van der Waals surface area contributed by atoms with Gasteiger partial charge in [-0.25, -0.2) is 19.9 Å². The molecule has 1 amide bonds. The minimum Gasteiger partial charge on any atom is -0.368 e. The van der Waals surface area contributed by atoms with E-state index >= 15 is 0 Å². The molecule has 5 rings (SSSR count). The maximum absolute atomic E-state index is 12.5. The number of carbonyl (C=O) groups excluding carboxylic acids is 1. The van der Waals surface area contributed by atoms with Crippen molar-refractivity contribution in [1.29, 1.82) is 0 Å². The monoisotopic (exact) mass is 389 g/mol. The highest BCUT2D eigenvalue weighted by Gasteiger charge is 2.31. The second-order valence-corrected chi connectivity index (χ2v) is 7.74. The second kappa shape index (κ2) is 7.83. The second-order valence-electron chi connectivity index (χ2n) is 7.74. The standard InChI is InChI=1S/C22H23N5O2/c28-22(20-2-1-9-29-20)27-7-5-15(6-8-27)19-4-3-16-10-17(13-25-21(16)26-19)18-11-23-14-24-12-18/h3-4,10-15,20H,1-2,5-9H2. The first-order valence-electron chi connectivity index (χ1n) is 10.2. The lowest BCUT2D eigenvalue weighted by atomic mass is 9.92. The van der Waals surface area contributed by atoms with Crippen molar-refractivity contribution in [3.05, 3.63) is 48.8 Å². The van der Waals surface area contributed by atoms with E-state index in [2.05, 4.69) is 33.2 Å². The van der Waals surface area contributed by atoms with E-state index < -0.39 is 0 Å². The lowest BCUT2D eigenvalue weighted by Crippen LogP contribution is -2.43. The molecule has 0 bridgehead atoms. The molecule has 148 valence electrons. The molecule has 3 aromatic rings. The van der Waals surface area contributed by atoms with E-state index in [-0.39, 0.29) is 12.0 Å². The molecular weight excluding hydrogens is 366 g/mol. The Morgan fingerprint density at radius 3 is 2.62 bits per heavy atom. The van der Waals surface area contributed by atoms with Crippen LogP contribution >= 0.6 is 0 Å². The summed E-state index contributed by atoms with van der Waals surface area (Å²) in [6.07, 6.45) is 10.4. The fourth-order valence-corrected chi connectivity index (χ4v) is 4.23. The van der Waals surface area contributed by atoms with Crippen molar-refractivity contribution < 1.29 is 9.53 Å². The molecule has 2 aliphatic heterocycles. The van der Waals surface area contributed by atoms with Gasteiger partial charge in [0, 0.05) is 66.4 Å². The van der Waals surface area contributed by atoms with Crippen LogP contribution in [0.4, 0.5) is 0 Å². The third-order valence-electron chi connectivity index (χ3n) is 5.89. The number of hydrogen-bond donors (Lipinski definition) is 0. The molecule has 2 fully saturated rings. The van der Waals surface area contributed by atoms with Gasteiger partial charge in [-0.3, -0.25) is 4.79 Å². The highest BCUT2D eigenvalue weighted by molar-refractivity contribution is 5.81. The summed E-state index contributed by atoms with van der Waals surface area (Å²) in [6, 6.07) is 6.25. The van der Waals surface area contributed by atoms with Gasteiger partial charge < -0.3 is 9.64 Å². The number of nitrogens with zero attached hydrogens (tertiary/aromatic N) is 5. The maximum atomic E-state index is 12.5. The lowest BCUT2D eigenvalue weighted by Gasteiger charge is -2.33. The first kappa shape index (κ1) is 18.1. The SMILES string of the molecule is O=C(C1CCCO1)N1CCC(c2ccc3cc(-c4cncnc4)cnc3n2)CC1.